The molecule has 166 valence electrons. The van der Waals surface area contributed by atoms with Crippen molar-refractivity contribution >= 4 is 21.6 Å². The number of amides is 1. The van der Waals surface area contributed by atoms with Crippen LogP contribution in [0.4, 0.5) is 5.69 Å². The van der Waals surface area contributed by atoms with Crippen molar-refractivity contribution in [3.8, 4) is 0 Å². The van der Waals surface area contributed by atoms with Crippen LogP contribution in [-0.4, -0.2) is 31.7 Å². The van der Waals surface area contributed by atoms with Crippen LogP contribution in [-0.2, 0) is 27.7 Å². The fourth-order valence-corrected chi connectivity index (χ4v) is 6.23. The summed E-state index contributed by atoms with van der Waals surface area (Å²) >= 11 is 0. The lowest BCUT2D eigenvalue weighted by Crippen LogP contribution is -2.41. The van der Waals surface area contributed by atoms with Crippen LogP contribution in [0.5, 0.6) is 0 Å². The van der Waals surface area contributed by atoms with Gasteiger partial charge in [0.05, 0.1) is 4.90 Å². The maximum Gasteiger partial charge on any atom is 0.243 e. The van der Waals surface area contributed by atoms with Gasteiger partial charge in [0, 0.05) is 24.7 Å². The van der Waals surface area contributed by atoms with Crippen molar-refractivity contribution in [3.05, 3.63) is 59.2 Å². The van der Waals surface area contributed by atoms with Gasteiger partial charge in [-0.05, 0) is 79.3 Å². The molecule has 1 fully saturated rings. The van der Waals surface area contributed by atoms with Crippen LogP contribution in [0.3, 0.4) is 0 Å². The molecule has 6 heteroatoms. The van der Waals surface area contributed by atoms with Crippen molar-refractivity contribution < 1.29 is 13.2 Å². The molecule has 0 saturated carbocycles. The number of nitrogens with one attached hydrogen (secondary N) is 1. The Morgan fingerprint density at radius 3 is 2.55 bits per heavy atom. The molecule has 1 aliphatic carbocycles. The van der Waals surface area contributed by atoms with Crippen molar-refractivity contribution in [1.29, 1.82) is 0 Å². The van der Waals surface area contributed by atoms with Crippen LogP contribution in [0.1, 0.15) is 62.1 Å². The monoisotopic (exact) mass is 440 g/mol. The van der Waals surface area contributed by atoms with E-state index in [-0.39, 0.29) is 11.8 Å². The largest absolute Gasteiger partial charge is 0.326 e. The number of piperidine rings is 1. The van der Waals surface area contributed by atoms with Crippen molar-refractivity contribution in [2.75, 3.05) is 18.4 Å². The number of fused-ring (bicyclic) bond motifs is 1. The van der Waals surface area contributed by atoms with Crippen LogP contribution < -0.4 is 5.32 Å². The lowest BCUT2D eigenvalue weighted by Gasteiger charge is -2.31. The highest BCUT2D eigenvalue weighted by molar-refractivity contribution is 7.89. The summed E-state index contributed by atoms with van der Waals surface area (Å²) < 4.78 is 27.8. The highest BCUT2D eigenvalue weighted by Gasteiger charge is 2.33. The molecule has 2 aromatic carbocycles. The minimum absolute atomic E-state index is 0.00895. The summed E-state index contributed by atoms with van der Waals surface area (Å²) in [6.45, 7) is 5.06. The van der Waals surface area contributed by atoms with Gasteiger partial charge in [-0.2, -0.15) is 4.31 Å². The molecule has 1 amide bonds. The summed E-state index contributed by atoms with van der Waals surface area (Å²) in [4.78, 5) is 13.3. The third-order valence-electron chi connectivity index (χ3n) is 6.89. The Balaban J connectivity index is 1.40. The number of nitrogens with zero attached hydrogens (tertiary/aromatic N) is 1. The molecule has 1 heterocycles. The van der Waals surface area contributed by atoms with Crippen LogP contribution >= 0.6 is 0 Å². The average Bonchev–Trinajstić information content (AvgIpc) is 3.27. The Labute approximate surface area is 185 Å². The number of carbonyl (C=O) groups excluding carboxylic acids is 1. The Morgan fingerprint density at radius 1 is 1.10 bits per heavy atom. The maximum atomic E-state index is 13.1. The van der Waals surface area contributed by atoms with Gasteiger partial charge < -0.3 is 5.32 Å². The van der Waals surface area contributed by atoms with Gasteiger partial charge in [-0.1, -0.05) is 38.1 Å². The Morgan fingerprint density at radius 2 is 1.81 bits per heavy atom. The first kappa shape index (κ1) is 22.0. The van der Waals surface area contributed by atoms with Crippen LogP contribution in [0, 0.1) is 5.92 Å². The third-order valence-corrected chi connectivity index (χ3v) is 8.79. The molecule has 0 aromatic heterocycles. The standard InChI is InChI=1S/C25H32N2O3S/c1-3-18(2)23-9-4-5-10-24(23)26-25(28)20-13-15-27(16-14-20)31(29,30)22-12-11-19-7-6-8-21(19)17-22/h4-5,9-12,17-18,20H,3,6-8,13-16H2,1-2H3,(H,26,28)/t18-/m1/s1. The predicted octanol–water partition coefficient (Wildman–Crippen LogP) is 4.73. The first-order valence-electron chi connectivity index (χ1n) is 11.4. The average molecular weight is 441 g/mol. The molecule has 0 spiro atoms. The maximum absolute atomic E-state index is 13.1. The van der Waals surface area contributed by atoms with Gasteiger partial charge in [-0.3, -0.25) is 4.79 Å². The molecular weight excluding hydrogens is 408 g/mol. The number of para-hydroxylation sites is 1. The number of benzene rings is 2. The van der Waals surface area contributed by atoms with Crippen LogP contribution in [0.25, 0.3) is 0 Å². The van der Waals surface area contributed by atoms with Crippen molar-refractivity contribution in [3.63, 3.8) is 0 Å². The van der Waals surface area contributed by atoms with E-state index in [0.29, 0.717) is 36.7 Å². The Kier molecular flexibility index (Phi) is 6.49. The van der Waals surface area contributed by atoms with Crippen molar-refractivity contribution in [2.24, 2.45) is 5.92 Å². The zero-order chi connectivity index (χ0) is 22.0. The first-order valence-corrected chi connectivity index (χ1v) is 12.9. The molecule has 2 aromatic rings. The van der Waals surface area contributed by atoms with Gasteiger partial charge >= 0.3 is 0 Å². The molecule has 1 N–H and O–H groups in total. The summed E-state index contributed by atoms with van der Waals surface area (Å²) in [5, 5.41) is 3.10. The minimum atomic E-state index is -3.51. The molecule has 31 heavy (non-hydrogen) atoms. The van der Waals surface area contributed by atoms with E-state index >= 15 is 0 Å². The van der Waals surface area contributed by atoms with E-state index in [4.69, 9.17) is 0 Å². The molecule has 4 rings (SSSR count). The van der Waals surface area contributed by atoms with E-state index < -0.39 is 10.0 Å². The summed E-state index contributed by atoms with van der Waals surface area (Å²) in [5.74, 6) is 0.192. The van der Waals surface area contributed by atoms with Gasteiger partial charge in [0.25, 0.3) is 0 Å². The number of hydrogen-bond donors (Lipinski definition) is 1. The van der Waals surface area contributed by atoms with Crippen LogP contribution in [0.2, 0.25) is 0 Å². The second-order valence-electron chi connectivity index (χ2n) is 8.85. The van der Waals surface area contributed by atoms with E-state index in [9.17, 15) is 13.2 Å². The zero-order valence-corrected chi connectivity index (χ0v) is 19.2. The third kappa shape index (κ3) is 4.55. The summed E-state index contributed by atoms with van der Waals surface area (Å²) in [6, 6.07) is 13.5. The molecule has 5 nitrogen and oxygen atoms in total. The molecule has 1 saturated heterocycles. The number of rotatable bonds is 6. The van der Waals surface area contributed by atoms with E-state index in [2.05, 4.69) is 25.2 Å². The SMILES string of the molecule is CC[C@@H](C)c1ccccc1NC(=O)C1CCN(S(=O)(=O)c2ccc3c(c2)CCC3)CC1. The summed E-state index contributed by atoms with van der Waals surface area (Å²) in [7, 11) is -3.51. The normalized spacial score (nSPS) is 18.5. The van der Waals surface area contributed by atoms with Gasteiger partial charge in [-0.25, -0.2) is 8.42 Å². The molecule has 0 unspecified atom stereocenters. The number of hydrogen-bond acceptors (Lipinski definition) is 3. The minimum Gasteiger partial charge on any atom is -0.326 e. The van der Waals surface area contributed by atoms with Gasteiger partial charge in [0.15, 0.2) is 0 Å². The highest BCUT2D eigenvalue weighted by Crippen LogP contribution is 2.30. The van der Waals surface area contributed by atoms with Crippen molar-refractivity contribution in [2.45, 2.75) is 63.2 Å². The summed E-state index contributed by atoms with van der Waals surface area (Å²) in [6.07, 6.45) is 5.18. The first-order chi connectivity index (χ1) is 14.9. The van der Waals surface area contributed by atoms with Gasteiger partial charge in [-0.15, -0.1) is 0 Å². The lowest BCUT2D eigenvalue weighted by atomic mass is 9.94. The Hall–Kier alpha value is -2.18. The second kappa shape index (κ2) is 9.13. The molecule has 1 aliphatic heterocycles. The number of sulfonamides is 1. The molecule has 0 bridgehead atoms. The topological polar surface area (TPSA) is 66.5 Å². The smallest absolute Gasteiger partial charge is 0.243 e. The van der Waals surface area contributed by atoms with Crippen molar-refractivity contribution in [1.82, 2.24) is 4.31 Å². The fraction of sp³-hybridized carbons (Fsp3) is 0.480. The number of aryl methyl sites for hydroxylation is 2. The summed E-state index contributed by atoms with van der Waals surface area (Å²) in [5.41, 5.74) is 4.45. The van der Waals surface area contributed by atoms with E-state index in [0.717, 1.165) is 42.5 Å². The Bertz CT molecular complexity index is 1060. The molecular formula is C25H32N2O3S. The lowest BCUT2D eigenvalue weighted by molar-refractivity contribution is -0.120. The van der Waals surface area contributed by atoms with E-state index in [1.165, 1.54) is 5.56 Å². The number of anilines is 1. The predicted molar refractivity (Wildman–Crippen MR) is 124 cm³/mol. The van der Waals surface area contributed by atoms with E-state index in [1.807, 2.05) is 30.3 Å². The number of carbonyl (C=O) groups is 1. The fourth-order valence-electron chi connectivity index (χ4n) is 4.71. The molecule has 1 atom stereocenters. The van der Waals surface area contributed by atoms with Gasteiger partial charge in [0.1, 0.15) is 0 Å². The molecule has 0 radical (unpaired) electrons. The molecule has 2 aliphatic rings. The van der Waals surface area contributed by atoms with Gasteiger partial charge in [0.2, 0.25) is 15.9 Å². The zero-order valence-electron chi connectivity index (χ0n) is 18.4. The highest BCUT2D eigenvalue weighted by atomic mass is 32.2. The van der Waals surface area contributed by atoms with Crippen LogP contribution in [0.15, 0.2) is 47.4 Å². The quantitative estimate of drug-likeness (QED) is 0.706. The second-order valence-corrected chi connectivity index (χ2v) is 10.8. The van der Waals surface area contributed by atoms with E-state index in [1.54, 1.807) is 10.4 Å².